The number of nitrogens with zero attached hydrogens (tertiary/aromatic N) is 1. The van der Waals surface area contributed by atoms with E-state index in [4.69, 9.17) is 10.00 Å². The molecule has 0 aromatic heterocycles. The third-order valence-electron chi connectivity index (χ3n) is 1.75. The fourth-order valence-electron chi connectivity index (χ4n) is 1.01. The molecule has 78 valence electrons. The van der Waals surface area contributed by atoms with Crippen LogP contribution in [0.5, 0.6) is 5.75 Å². The van der Waals surface area contributed by atoms with Crippen LogP contribution in [0.3, 0.4) is 0 Å². The molecule has 0 radical (unpaired) electrons. The molecule has 1 aromatic carbocycles. The molecule has 0 fully saturated rings. The maximum Gasteiger partial charge on any atom is 0.150 e. The van der Waals surface area contributed by atoms with E-state index in [1.807, 2.05) is 30.3 Å². The Balaban J connectivity index is 2.36. The van der Waals surface area contributed by atoms with Gasteiger partial charge in [0.2, 0.25) is 0 Å². The van der Waals surface area contributed by atoms with Crippen molar-refractivity contribution < 1.29 is 9.53 Å². The predicted octanol–water partition coefficient (Wildman–Crippen LogP) is 2.70. The fourth-order valence-corrected chi connectivity index (χ4v) is 1.41. The highest BCUT2D eigenvalue weighted by Crippen LogP contribution is 2.23. The molecule has 0 saturated carbocycles. The summed E-state index contributed by atoms with van der Waals surface area (Å²) in [6.07, 6.45) is 0.230. The van der Waals surface area contributed by atoms with Crippen molar-refractivity contribution in [3.8, 4) is 11.8 Å². The van der Waals surface area contributed by atoms with Crippen LogP contribution in [0.4, 0.5) is 0 Å². The van der Waals surface area contributed by atoms with Gasteiger partial charge in [0.1, 0.15) is 11.5 Å². The van der Waals surface area contributed by atoms with E-state index in [0.717, 1.165) is 4.47 Å². The van der Waals surface area contributed by atoms with Crippen molar-refractivity contribution in [3.63, 3.8) is 0 Å². The Hall–Kier alpha value is -1.34. The Labute approximate surface area is 96.8 Å². The Bertz CT molecular complexity index is 384. The lowest BCUT2D eigenvalue weighted by atomic mass is 10.2. The van der Waals surface area contributed by atoms with E-state index < -0.39 is 0 Å². The third kappa shape index (κ3) is 4.13. The highest BCUT2D eigenvalue weighted by molar-refractivity contribution is 9.10. The van der Waals surface area contributed by atoms with Gasteiger partial charge in [-0.05, 0) is 28.1 Å². The van der Waals surface area contributed by atoms with Crippen molar-refractivity contribution in [1.82, 2.24) is 0 Å². The summed E-state index contributed by atoms with van der Waals surface area (Å²) in [5.74, 6) is 0.617. The van der Waals surface area contributed by atoms with Crippen LogP contribution in [0.15, 0.2) is 28.7 Å². The van der Waals surface area contributed by atoms with Crippen molar-refractivity contribution in [2.24, 2.45) is 0 Å². The first-order chi connectivity index (χ1) is 7.24. The van der Waals surface area contributed by atoms with Crippen molar-refractivity contribution in [1.29, 1.82) is 5.26 Å². The van der Waals surface area contributed by atoms with Crippen LogP contribution in [-0.2, 0) is 4.79 Å². The standard InChI is InChI=1S/C11H10BrNO2/c12-10-3-1-2-4-11(10)15-8-6-9(14)5-7-13/h1-4H,5-6,8H2. The molecule has 3 nitrogen and oxygen atoms in total. The van der Waals surface area contributed by atoms with E-state index in [1.165, 1.54) is 0 Å². The molecule has 0 aliphatic heterocycles. The van der Waals surface area contributed by atoms with Gasteiger partial charge in [0.15, 0.2) is 0 Å². The molecular formula is C11H10BrNO2. The van der Waals surface area contributed by atoms with Crippen LogP contribution in [0.25, 0.3) is 0 Å². The zero-order valence-corrected chi connectivity index (χ0v) is 9.66. The van der Waals surface area contributed by atoms with Crippen molar-refractivity contribution in [3.05, 3.63) is 28.7 Å². The summed E-state index contributed by atoms with van der Waals surface area (Å²) in [6, 6.07) is 9.24. The van der Waals surface area contributed by atoms with Crippen LogP contribution in [-0.4, -0.2) is 12.4 Å². The molecule has 0 amide bonds. The minimum atomic E-state index is -0.0930. The number of nitriles is 1. The van der Waals surface area contributed by atoms with Crippen LogP contribution >= 0.6 is 15.9 Å². The van der Waals surface area contributed by atoms with E-state index in [0.29, 0.717) is 12.4 Å². The van der Waals surface area contributed by atoms with Crippen LogP contribution in [0.1, 0.15) is 12.8 Å². The van der Waals surface area contributed by atoms with Gasteiger partial charge >= 0.3 is 0 Å². The molecule has 0 N–H and O–H groups in total. The van der Waals surface area contributed by atoms with Gasteiger partial charge in [-0.3, -0.25) is 4.79 Å². The number of rotatable bonds is 5. The second-order valence-electron chi connectivity index (χ2n) is 2.90. The molecule has 0 aliphatic carbocycles. The first-order valence-electron chi connectivity index (χ1n) is 4.50. The van der Waals surface area contributed by atoms with Crippen LogP contribution in [0.2, 0.25) is 0 Å². The minimum absolute atomic E-state index is 0.0423. The minimum Gasteiger partial charge on any atom is -0.492 e. The number of para-hydroxylation sites is 1. The molecule has 0 spiro atoms. The van der Waals surface area contributed by atoms with E-state index in [1.54, 1.807) is 0 Å². The van der Waals surface area contributed by atoms with Gasteiger partial charge < -0.3 is 4.74 Å². The SMILES string of the molecule is N#CCC(=O)CCOc1ccccc1Br. The van der Waals surface area contributed by atoms with Gasteiger partial charge in [0, 0.05) is 6.42 Å². The molecular weight excluding hydrogens is 258 g/mol. The number of hydrogen-bond donors (Lipinski definition) is 0. The van der Waals surface area contributed by atoms with E-state index in [9.17, 15) is 4.79 Å². The first kappa shape index (κ1) is 11.7. The smallest absolute Gasteiger partial charge is 0.150 e. The summed E-state index contributed by atoms with van der Waals surface area (Å²) in [7, 11) is 0. The summed E-state index contributed by atoms with van der Waals surface area (Å²) < 4.78 is 6.24. The average Bonchev–Trinajstić information content (AvgIpc) is 2.21. The second kappa shape index (κ2) is 6.20. The molecule has 0 aliphatic rings. The van der Waals surface area contributed by atoms with Crippen LogP contribution in [0, 0.1) is 11.3 Å². The van der Waals surface area contributed by atoms with Gasteiger partial charge in [-0.25, -0.2) is 0 Å². The van der Waals surface area contributed by atoms with Crippen molar-refractivity contribution in [2.45, 2.75) is 12.8 Å². The highest BCUT2D eigenvalue weighted by atomic mass is 79.9. The molecule has 0 unspecified atom stereocenters. The molecule has 0 saturated heterocycles. The molecule has 1 rings (SSSR count). The Morgan fingerprint density at radius 3 is 2.87 bits per heavy atom. The molecule has 0 bridgehead atoms. The summed E-state index contributed by atoms with van der Waals surface area (Å²) in [5, 5.41) is 8.28. The highest BCUT2D eigenvalue weighted by Gasteiger charge is 2.03. The second-order valence-corrected chi connectivity index (χ2v) is 3.76. The Morgan fingerprint density at radius 2 is 2.20 bits per heavy atom. The number of carbonyl (C=O) groups excluding carboxylic acids is 1. The average molecular weight is 268 g/mol. The number of ether oxygens (including phenoxy) is 1. The summed E-state index contributed by atoms with van der Waals surface area (Å²) >= 11 is 3.33. The molecule has 0 atom stereocenters. The van der Waals surface area contributed by atoms with Crippen LogP contribution < -0.4 is 4.74 Å². The van der Waals surface area contributed by atoms with Gasteiger partial charge in [-0.15, -0.1) is 0 Å². The number of Topliss-reactive ketones (excluding diaryl/α,β-unsaturated/α-hetero) is 1. The quantitative estimate of drug-likeness (QED) is 0.824. The zero-order valence-electron chi connectivity index (χ0n) is 8.07. The number of ketones is 1. The largest absolute Gasteiger partial charge is 0.492 e. The molecule has 1 aromatic rings. The van der Waals surface area contributed by atoms with Gasteiger partial charge in [-0.1, -0.05) is 12.1 Å². The predicted molar refractivity (Wildman–Crippen MR) is 59.5 cm³/mol. The lowest BCUT2D eigenvalue weighted by Gasteiger charge is -2.06. The summed E-state index contributed by atoms with van der Waals surface area (Å²) in [4.78, 5) is 11.0. The number of carbonyl (C=O) groups is 1. The number of halogens is 1. The monoisotopic (exact) mass is 267 g/mol. The Kier molecular flexibility index (Phi) is 4.85. The topological polar surface area (TPSA) is 50.1 Å². The first-order valence-corrected chi connectivity index (χ1v) is 5.29. The Morgan fingerprint density at radius 1 is 1.47 bits per heavy atom. The van der Waals surface area contributed by atoms with E-state index >= 15 is 0 Å². The van der Waals surface area contributed by atoms with E-state index in [2.05, 4.69) is 15.9 Å². The maximum atomic E-state index is 11.0. The molecule has 15 heavy (non-hydrogen) atoms. The summed E-state index contributed by atoms with van der Waals surface area (Å²) in [5.41, 5.74) is 0. The normalized spacial score (nSPS) is 9.33. The van der Waals surface area contributed by atoms with Gasteiger partial charge in [-0.2, -0.15) is 5.26 Å². The maximum absolute atomic E-state index is 11.0. The fraction of sp³-hybridized carbons (Fsp3) is 0.273. The number of benzene rings is 1. The number of hydrogen-bond acceptors (Lipinski definition) is 3. The lowest BCUT2D eigenvalue weighted by molar-refractivity contribution is -0.118. The molecule has 4 heteroatoms. The third-order valence-corrected chi connectivity index (χ3v) is 2.41. The summed E-state index contributed by atoms with van der Waals surface area (Å²) in [6.45, 7) is 0.309. The van der Waals surface area contributed by atoms with E-state index in [-0.39, 0.29) is 18.6 Å². The van der Waals surface area contributed by atoms with Crippen molar-refractivity contribution >= 4 is 21.7 Å². The van der Waals surface area contributed by atoms with Gasteiger partial charge in [0.25, 0.3) is 0 Å². The van der Waals surface area contributed by atoms with Gasteiger partial charge in [0.05, 0.1) is 23.6 Å². The van der Waals surface area contributed by atoms with Crippen molar-refractivity contribution in [2.75, 3.05) is 6.61 Å². The lowest BCUT2D eigenvalue weighted by Crippen LogP contribution is -2.05. The zero-order chi connectivity index (χ0) is 11.1. The molecule has 0 heterocycles.